The molecule has 26 nitrogen and oxygen atoms in total. The molecule has 0 fully saturated rings. The molecule has 1 aliphatic rings. The number of methoxy groups -OCH3 is 10. The van der Waals surface area contributed by atoms with E-state index >= 15 is 0 Å². The Balaban J connectivity index is -0.00000146. The Kier molecular flexibility index (Phi) is 66.4. The van der Waals surface area contributed by atoms with Crippen molar-refractivity contribution < 1.29 is 98.3 Å². The molecule has 28 heteroatoms. The number of nitrogens with two attached hydrogens (primary N) is 3. The number of aliphatic hydroxyl groups excluding tert-OH is 1. The van der Waals surface area contributed by atoms with E-state index in [-0.39, 0.29) is 35.5 Å². The number of H-pyrrole nitrogens is 1. The molecule has 12 aromatic carbocycles. The predicted octanol–water partition coefficient (Wildman–Crippen LogP) is 21.3. The Bertz CT molecular complexity index is 5730. The van der Waals surface area contributed by atoms with E-state index in [0.29, 0.717) is 89.1 Å². The maximum atomic E-state index is 11.9. The molecule has 0 saturated carbocycles. The van der Waals surface area contributed by atoms with Crippen LogP contribution in [0.25, 0.3) is 22.6 Å². The number of carbonyl (C=O) groups excluding carboxylic acids is 3. The fourth-order valence-corrected chi connectivity index (χ4v) is 12.7. The van der Waals surface area contributed by atoms with Crippen LogP contribution in [-0.4, -0.2) is 139 Å². The van der Waals surface area contributed by atoms with Crippen molar-refractivity contribution in [1.82, 2.24) is 10.2 Å². The first-order valence-corrected chi connectivity index (χ1v) is 43.8. The molecule has 12 N–H and O–H groups in total. The lowest BCUT2D eigenvalue weighted by Gasteiger charge is -2.09. The molecule has 1 aromatic heterocycles. The number of fused-ring (bicyclic) bond motifs is 2. The molecule has 718 valence electrons. The van der Waals surface area contributed by atoms with Gasteiger partial charge in [0.2, 0.25) is 0 Å². The zero-order valence-electron chi connectivity index (χ0n) is 81.1. The molecule has 0 aliphatic carbocycles. The maximum Gasteiger partial charge on any atom is 1.00 e. The number of halogens is 2. The van der Waals surface area contributed by atoms with Crippen LogP contribution in [0.3, 0.4) is 0 Å². The van der Waals surface area contributed by atoms with Gasteiger partial charge < -0.3 is 78.6 Å². The number of rotatable bonds is 15. The number of nitrogens with zero attached hydrogens (tertiary/aromatic N) is 1. The number of ether oxygens (including phenoxy) is 11. The van der Waals surface area contributed by atoms with Crippen LogP contribution < -0.4 is 60.9 Å². The number of aromatic nitrogens is 2. The van der Waals surface area contributed by atoms with Crippen molar-refractivity contribution in [3.63, 3.8) is 0 Å². The van der Waals surface area contributed by atoms with Gasteiger partial charge in [0.05, 0.1) is 139 Å². The second kappa shape index (κ2) is 73.1. The number of hydrogen-bond acceptors (Lipinski definition) is 22. The number of nitrogen functional groups attached to an aromatic ring is 1. The number of aliphatic hydroxyl groups is 1. The average molecular weight is 2070 g/mol. The van der Waals surface area contributed by atoms with Crippen molar-refractivity contribution in [3.8, 4) is 70.2 Å². The number of carbonyl (C=O) groups is 5. The summed E-state index contributed by atoms with van der Waals surface area (Å²) >= 11 is 4.00. The first-order valence-electron chi connectivity index (χ1n) is 41.7. The molecule has 0 unspecified atom stereocenters. The molecule has 0 bridgehead atoms. The smallest absolute Gasteiger partial charge is 0.496 e. The lowest BCUT2D eigenvalue weighted by atomic mass is 10.0. The SMILES string of the molecule is C#Cc1ccccc1.CC.CC.CC.CC.CO.COC(=O)c1cccc(OC)c1C#Cc1ccccc1.COC(=O)c1cccc(OC)c1I.COc1cccc(C(=O)O)c1C.COc1cccc(C(=O)O)c1I.COc1cccc2c(=O)[nH]nc(Cc3ccccc3)c12.COc1cccc2c1/C(=C/c1ccccc1)OC2=O.COc1ccccc1C.COc1ccccc1N.NN.O.[H+]. The summed E-state index contributed by atoms with van der Waals surface area (Å²) in [6, 6.07) is 85.3. The van der Waals surface area contributed by atoms with E-state index in [0.717, 1.165) is 61.1 Å². The number of benzene rings is 12. The van der Waals surface area contributed by atoms with Crippen molar-refractivity contribution in [1.29, 1.82) is 0 Å². The van der Waals surface area contributed by atoms with Crippen LogP contribution in [0.2, 0.25) is 0 Å². The second-order valence-corrected chi connectivity index (χ2v) is 27.0. The minimum absolute atomic E-state index is 0. The number of hydrogen-bond donors (Lipinski definition) is 7. The third-order valence-corrected chi connectivity index (χ3v) is 19.4. The van der Waals surface area contributed by atoms with Crippen molar-refractivity contribution in [2.24, 2.45) is 11.7 Å². The molecule has 0 spiro atoms. The second-order valence-electron chi connectivity index (χ2n) is 24.8. The summed E-state index contributed by atoms with van der Waals surface area (Å²) in [6.45, 7) is 19.8. The summed E-state index contributed by atoms with van der Waals surface area (Å²) in [5.74, 6) is 19.5. The lowest BCUT2D eigenvalue weighted by molar-refractivity contribution is 0.0590. The van der Waals surface area contributed by atoms with Gasteiger partial charge in [-0.2, -0.15) is 5.10 Å². The van der Waals surface area contributed by atoms with Gasteiger partial charge in [0.15, 0.2) is 0 Å². The van der Waals surface area contributed by atoms with Crippen LogP contribution in [-0.2, 0) is 20.6 Å². The van der Waals surface area contributed by atoms with Gasteiger partial charge in [-0.1, -0.05) is 237 Å². The lowest BCUT2D eigenvalue weighted by Crippen LogP contribution is -2.12. The van der Waals surface area contributed by atoms with E-state index in [1.54, 1.807) is 147 Å². The molecule has 1 aliphatic heterocycles. The molecule has 14 rings (SSSR count). The predicted molar refractivity (Wildman–Crippen MR) is 558 cm³/mol. The van der Waals surface area contributed by atoms with Crippen LogP contribution in [0.1, 0.15) is 159 Å². The zero-order valence-corrected chi connectivity index (χ0v) is 84.5. The van der Waals surface area contributed by atoms with Gasteiger partial charge in [-0.05, 0) is 197 Å². The van der Waals surface area contributed by atoms with Crippen LogP contribution >= 0.6 is 45.2 Å². The molecular weight excluding hydrogens is 1940 g/mol. The van der Waals surface area contributed by atoms with Crippen LogP contribution in [0, 0.1) is 45.2 Å². The number of hydrazine groups is 1. The number of aromatic carboxylic acids is 2. The van der Waals surface area contributed by atoms with Crippen molar-refractivity contribution in [2.75, 3.05) is 83.9 Å². The molecule has 0 saturated heterocycles. The Hall–Kier alpha value is -14.5. The first-order chi connectivity index (χ1) is 65.0. The summed E-state index contributed by atoms with van der Waals surface area (Å²) in [6.07, 6.45) is 7.59. The first kappa shape index (κ1) is 123. The highest BCUT2D eigenvalue weighted by Crippen LogP contribution is 2.38. The molecule has 0 radical (unpaired) electrons. The fourth-order valence-electron chi connectivity index (χ4n) is 11.1. The summed E-state index contributed by atoms with van der Waals surface area (Å²) in [5.41, 5.74) is 15.8. The Morgan fingerprint density at radius 1 is 0.444 bits per heavy atom. The Morgan fingerprint density at radius 2 is 0.830 bits per heavy atom. The highest BCUT2D eigenvalue weighted by atomic mass is 127. The van der Waals surface area contributed by atoms with E-state index in [9.17, 15) is 28.8 Å². The molecule has 135 heavy (non-hydrogen) atoms. The molecule has 0 amide bonds. The van der Waals surface area contributed by atoms with Crippen molar-refractivity contribution >= 4 is 103 Å². The van der Waals surface area contributed by atoms with E-state index in [1.165, 1.54) is 34.0 Å². The largest absolute Gasteiger partial charge is 1.00 e. The normalized spacial score (nSPS) is 9.64. The molecular formula is C107H126I2N5O21+. The Morgan fingerprint density at radius 3 is 1.29 bits per heavy atom. The molecule has 2 heterocycles. The van der Waals surface area contributed by atoms with Gasteiger partial charge in [0.1, 0.15) is 51.8 Å². The number of carboxylic acid groups (broad SMARTS) is 2. The van der Waals surface area contributed by atoms with Crippen molar-refractivity contribution in [2.45, 2.75) is 75.7 Å². The summed E-state index contributed by atoms with van der Waals surface area (Å²) in [7, 11) is 16.3. The standard InChI is InChI=1S/C17H14O3.C16H14N2O2.C16H12O3.C9H9IO3.C9H10O3.C8H7IO3.C8H10O.C8H6.C7H9NO.4C2H6.CH4O.H4N2.H2O/c1-19-16-10-6-9-15(17(18)20-2)14(16)12-11-13-7-4-3-5-8-13;1-20-14-9-5-8-12-15(14)13(17-18-16(12)19)10-11-6-3-2-4-7-11;1-18-13-9-5-8-12-15(13)14(19-16(12)17)10-11-6-3-2-4-7-11;1-12-7-5-3-4-6(8(7)10)9(11)13-2;1-6-7(9(10)11)4-3-5-8(6)12-2;1-12-6-4-2-3-5(7(6)9)8(10)11;1-7-5-3-4-6-8(7)9-2;1-2-8-6-4-3-5-7-8;1-9-7-5-3-2-4-6(7)8;6*1-2;/h3-10H,1-2H3;2-9H,10H2,1H3,(H,18,19);2-10H,1H3;3-5H,1-2H3;3-5H,1-2H3,(H,10,11);2-4H,1H3,(H,10,11);3-6H,1-2H3;1,3-7H;2-5H,8H2,1H3;4*1-2H3;2H,1H3;1-2H2;1H2/p+1/b;;14-10-;;;;;;;;;;;;;. The highest BCUT2D eigenvalue weighted by Gasteiger charge is 2.30. The van der Waals surface area contributed by atoms with Crippen LogP contribution in [0.5, 0.6) is 46.0 Å². The van der Waals surface area contributed by atoms with Crippen molar-refractivity contribution in [3.05, 3.63) is 375 Å². The van der Waals surface area contributed by atoms with Crippen LogP contribution in [0.15, 0.2) is 284 Å². The average Bonchev–Trinajstić information content (AvgIpc) is 1.55. The minimum Gasteiger partial charge on any atom is -0.496 e. The number of aromatic amines is 1. The highest BCUT2D eigenvalue weighted by molar-refractivity contribution is 14.1. The van der Waals surface area contributed by atoms with Gasteiger partial charge in [-0.3, -0.25) is 16.5 Å². The zero-order chi connectivity index (χ0) is 101. The number of nitrogens with one attached hydrogen (secondary N) is 1. The third kappa shape index (κ3) is 41.4. The minimum atomic E-state index is -0.932. The van der Waals surface area contributed by atoms with E-state index in [2.05, 4.69) is 67.0 Å². The number of anilines is 1. The van der Waals surface area contributed by atoms with Gasteiger partial charge >= 0.3 is 31.3 Å². The van der Waals surface area contributed by atoms with Gasteiger partial charge in [0.25, 0.3) is 5.56 Å². The number of aryl methyl sites for hydroxylation is 1. The monoisotopic (exact) mass is 2070 g/mol. The van der Waals surface area contributed by atoms with E-state index in [4.69, 9.17) is 74.8 Å². The number of terminal acetylenes is 1. The summed E-state index contributed by atoms with van der Waals surface area (Å²) < 4.78 is 57.0. The van der Waals surface area contributed by atoms with Crippen LogP contribution in [0.4, 0.5) is 5.69 Å². The number of carboxylic acids is 2. The third-order valence-electron chi connectivity index (χ3n) is 17.2. The Labute approximate surface area is 822 Å². The van der Waals surface area contributed by atoms with E-state index in [1.807, 2.05) is 273 Å². The topological polar surface area (TPSA) is 403 Å². The molecule has 0 atom stereocenters. The van der Waals surface area contributed by atoms with Gasteiger partial charge in [0, 0.05) is 30.2 Å². The molecule has 13 aromatic rings. The fraction of sp³-hybridized carbons (Fsp3) is 0.206. The quantitative estimate of drug-likeness (QED) is 0.00953. The number of esters is 3. The van der Waals surface area contributed by atoms with E-state index < -0.39 is 17.9 Å². The summed E-state index contributed by atoms with van der Waals surface area (Å²) in [5, 5.41) is 32.6. The van der Waals surface area contributed by atoms with Gasteiger partial charge in [-0.15, -0.1) is 6.42 Å². The number of cyclic esters (lactones) is 1. The number of para-hydroxylation sites is 3. The maximum absolute atomic E-state index is 11.9. The summed E-state index contributed by atoms with van der Waals surface area (Å²) in [4.78, 5) is 67.9. The van der Waals surface area contributed by atoms with Gasteiger partial charge in [-0.25, -0.2) is 29.1 Å².